The van der Waals surface area contributed by atoms with E-state index < -0.39 is 5.41 Å². The Bertz CT molecular complexity index is 3130. The summed E-state index contributed by atoms with van der Waals surface area (Å²) in [5, 5.41) is 2.49. The van der Waals surface area contributed by atoms with Gasteiger partial charge in [0, 0.05) is 17.4 Å². The molecule has 3 heteroatoms. The van der Waals surface area contributed by atoms with Crippen molar-refractivity contribution < 1.29 is 0 Å². The molecule has 0 spiro atoms. The fourth-order valence-electron chi connectivity index (χ4n) is 9.36. The van der Waals surface area contributed by atoms with Crippen LogP contribution in [0.25, 0.3) is 72.3 Å². The molecule has 2 aromatic heterocycles. The van der Waals surface area contributed by atoms with E-state index in [1.807, 2.05) is 18.3 Å². The van der Waals surface area contributed by atoms with Crippen LogP contribution in [0.5, 0.6) is 0 Å². The van der Waals surface area contributed by atoms with Gasteiger partial charge in [-0.1, -0.05) is 151 Å². The van der Waals surface area contributed by atoms with E-state index in [1.54, 1.807) is 0 Å². The average molecular weight is 742 g/mol. The number of rotatable bonds is 6. The molecule has 0 fully saturated rings. The topological polar surface area (TPSA) is 30.7 Å². The van der Waals surface area contributed by atoms with Gasteiger partial charge < -0.3 is 0 Å². The monoisotopic (exact) mass is 741 g/mol. The highest BCUT2D eigenvalue weighted by molar-refractivity contribution is 5.92. The second-order valence-corrected chi connectivity index (χ2v) is 15.5. The highest BCUT2D eigenvalue weighted by Gasteiger charge is 2.48. The van der Waals surface area contributed by atoms with Crippen molar-refractivity contribution in [3.63, 3.8) is 0 Å². The van der Waals surface area contributed by atoms with Crippen LogP contribution < -0.4 is 0 Å². The number of hydrogen-bond acceptors (Lipinski definition) is 2. The van der Waals surface area contributed by atoms with E-state index in [9.17, 15) is 0 Å². The van der Waals surface area contributed by atoms with Crippen LogP contribution in [0.4, 0.5) is 0 Å². The van der Waals surface area contributed by atoms with E-state index in [0.29, 0.717) is 0 Å². The summed E-state index contributed by atoms with van der Waals surface area (Å²) in [6.07, 6.45) is 11.7. The largest absolute Gasteiger partial charge is 0.292 e. The predicted molar refractivity (Wildman–Crippen MR) is 240 cm³/mol. The van der Waals surface area contributed by atoms with Gasteiger partial charge in [-0.15, -0.1) is 0 Å². The Kier molecular flexibility index (Phi) is 8.01. The number of nitrogens with zero attached hydrogens (tertiary/aromatic N) is 3. The second kappa shape index (κ2) is 13.7. The van der Waals surface area contributed by atoms with Gasteiger partial charge in [0.25, 0.3) is 0 Å². The Morgan fingerprint density at radius 3 is 1.93 bits per heavy atom. The lowest BCUT2D eigenvalue weighted by Crippen LogP contribution is -2.31. The van der Waals surface area contributed by atoms with E-state index in [1.165, 1.54) is 60.9 Å². The quantitative estimate of drug-likeness (QED) is 0.170. The van der Waals surface area contributed by atoms with Crippen LogP contribution in [0.15, 0.2) is 218 Å². The summed E-state index contributed by atoms with van der Waals surface area (Å²) >= 11 is 0. The van der Waals surface area contributed by atoms with Crippen LogP contribution >= 0.6 is 0 Å². The standard InChI is InChI=1S/C55H39N3/c1-37-13-5-8-18-45(33-37)55(53-21-11-12-32-56-53)49-35-43(26-30-47(49)48-31-27-44(36-50(48)55)42-23-22-38-14-6-7-17-41(38)34-42)39-24-28-46(29-25-39)58-52-20-10-9-19-51(52)57-54(58)40-15-3-2-4-16-40/h2-32,34-36H,33H2,1H3. The molecule has 2 aliphatic carbocycles. The lowest BCUT2D eigenvalue weighted by molar-refractivity contribution is 0.693. The molecule has 2 aliphatic rings. The second-order valence-electron chi connectivity index (χ2n) is 15.5. The molecule has 0 saturated carbocycles. The maximum Gasteiger partial charge on any atom is 0.145 e. The highest BCUT2D eigenvalue weighted by Crippen LogP contribution is 2.58. The zero-order chi connectivity index (χ0) is 38.6. The summed E-state index contributed by atoms with van der Waals surface area (Å²) < 4.78 is 2.27. The minimum atomic E-state index is -0.612. The van der Waals surface area contributed by atoms with E-state index in [-0.39, 0.29) is 0 Å². The third-order valence-corrected chi connectivity index (χ3v) is 12.1. The minimum Gasteiger partial charge on any atom is -0.292 e. The van der Waals surface area contributed by atoms with Crippen LogP contribution in [0.2, 0.25) is 0 Å². The van der Waals surface area contributed by atoms with Crippen molar-refractivity contribution in [1.29, 1.82) is 0 Å². The molecular weight excluding hydrogens is 703 g/mol. The lowest BCUT2D eigenvalue weighted by atomic mass is 9.67. The van der Waals surface area contributed by atoms with Crippen molar-refractivity contribution in [2.24, 2.45) is 0 Å². The van der Waals surface area contributed by atoms with Gasteiger partial charge in [0.1, 0.15) is 5.82 Å². The van der Waals surface area contributed by atoms with Crippen molar-refractivity contribution in [2.45, 2.75) is 18.8 Å². The Balaban J connectivity index is 1.09. The van der Waals surface area contributed by atoms with Gasteiger partial charge in [-0.2, -0.15) is 0 Å². The average Bonchev–Trinajstić information content (AvgIpc) is 3.72. The van der Waals surface area contributed by atoms with Crippen LogP contribution in [0.1, 0.15) is 30.2 Å². The molecule has 1 atom stereocenters. The molecule has 0 saturated heterocycles. The van der Waals surface area contributed by atoms with Crippen LogP contribution in [0, 0.1) is 0 Å². The first-order chi connectivity index (χ1) is 28.6. The molecular formula is C55H39N3. The molecule has 0 amide bonds. The Morgan fingerprint density at radius 1 is 0.517 bits per heavy atom. The summed E-state index contributed by atoms with van der Waals surface area (Å²) in [4.78, 5) is 10.3. The molecule has 0 N–H and O–H groups in total. The summed E-state index contributed by atoms with van der Waals surface area (Å²) in [6, 6.07) is 63.7. The van der Waals surface area contributed by atoms with Crippen molar-refractivity contribution in [1.82, 2.24) is 14.5 Å². The van der Waals surface area contributed by atoms with Gasteiger partial charge in [-0.05, 0) is 129 Å². The fourth-order valence-corrected chi connectivity index (χ4v) is 9.36. The molecule has 7 aromatic carbocycles. The zero-order valence-electron chi connectivity index (χ0n) is 32.2. The van der Waals surface area contributed by atoms with E-state index in [2.05, 4.69) is 200 Å². The molecule has 3 nitrogen and oxygen atoms in total. The SMILES string of the molecule is CC1=CC=CC=C(C2(c3ccccn3)c3cc(-c4ccc(-n5c(-c6ccccc6)nc6ccccc65)cc4)ccc3-c3ccc(-c4ccc5ccccc5c4)cc32)C1. The molecule has 58 heavy (non-hydrogen) atoms. The third kappa shape index (κ3) is 5.43. The first-order valence-electron chi connectivity index (χ1n) is 20.0. The highest BCUT2D eigenvalue weighted by atomic mass is 15.1. The van der Waals surface area contributed by atoms with Crippen LogP contribution in [-0.2, 0) is 5.41 Å². The number of benzene rings is 7. The number of fused-ring (bicyclic) bond motifs is 5. The van der Waals surface area contributed by atoms with Crippen LogP contribution in [0.3, 0.4) is 0 Å². The number of allylic oxidation sites excluding steroid dienone is 6. The third-order valence-electron chi connectivity index (χ3n) is 12.1. The van der Waals surface area contributed by atoms with Gasteiger partial charge in [-0.3, -0.25) is 9.55 Å². The van der Waals surface area contributed by atoms with Gasteiger partial charge in [0.05, 0.1) is 22.1 Å². The number of aromatic nitrogens is 3. The van der Waals surface area contributed by atoms with Crippen molar-refractivity contribution in [2.75, 3.05) is 0 Å². The zero-order valence-corrected chi connectivity index (χ0v) is 32.2. The van der Waals surface area contributed by atoms with Gasteiger partial charge in [-0.25, -0.2) is 4.98 Å². The van der Waals surface area contributed by atoms with E-state index >= 15 is 0 Å². The maximum atomic E-state index is 5.21. The number of pyridine rings is 1. The van der Waals surface area contributed by atoms with Gasteiger partial charge in [0.2, 0.25) is 0 Å². The lowest BCUT2D eigenvalue weighted by Gasteiger charge is -2.35. The molecule has 0 radical (unpaired) electrons. The van der Waals surface area contributed by atoms with E-state index in [0.717, 1.165) is 45.8 Å². The fraction of sp³-hybridized carbons (Fsp3) is 0.0545. The molecule has 274 valence electrons. The predicted octanol–water partition coefficient (Wildman–Crippen LogP) is 13.7. The van der Waals surface area contributed by atoms with Gasteiger partial charge >= 0.3 is 0 Å². The molecule has 0 bridgehead atoms. The smallest absolute Gasteiger partial charge is 0.145 e. The van der Waals surface area contributed by atoms with E-state index in [4.69, 9.17) is 9.97 Å². The van der Waals surface area contributed by atoms with Crippen LogP contribution in [-0.4, -0.2) is 14.5 Å². The summed E-state index contributed by atoms with van der Waals surface area (Å²) in [5.74, 6) is 0.933. The maximum absolute atomic E-state index is 5.21. The summed E-state index contributed by atoms with van der Waals surface area (Å²) in [6.45, 7) is 2.24. The van der Waals surface area contributed by atoms with Gasteiger partial charge in [0.15, 0.2) is 0 Å². The Hall–Kier alpha value is -7.36. The molecule has 0 aliphatic heterocycles. The number of para-hydroxylation sites is 2. The summed E-state index contributed by atoms with van der Waals surface area (Å²) in [5.41, 5.74) is 17.1. The normalized spacial score (nSPS) is 15.8. The summed E-state index contributed by atoms with van der Waals surface area (Å²) in [7, 11) is 0. The van der Waals surface area contributed by atoms with Crippen molar-refractivity contribution in [3.8, 4) is 50.5 Å². The first-order valence-corrected chi connectivity index (χ1v) is 20.0. The molecule has 9 aromatic rings. The first kappa shape index (κ1) is 33.9. The number of imidazole rings is 1. The van der Waals surface area contributed by atoms with Crippen molar-refractivity contribution >= 4 is 21.8 Å². The Labute approximate surface area is 338 Å². The molecule has 11 rings (SSSR count). The molecule has 1 unspecified atom stereocenters. The molecule has 2 heterocycles. The number of hydrogen-bond donors (Lipinski definition) is 0. The minimum absolute atomic E-state index is 0.612. The Morgan fingerprint density at radius 2 is 1.16 bits per heavy atom. The van der Waals surface area contributed by atoms with Crippen molar-refractivity contribution in [3.05, 3.63) is 234 Å².